The van der Waals surface area contributed by atoms with Crippen LogP contribution in [0.25, 0.3) is 0 Å². The number of ether oxygens (including phenoxy) is 6. The van der Waals surface area contributed by atoms with Gasteiger partial charge in [0.05, 0.1) is 24.9 Å². The first kappa shape index (κ1) is 30.9. The van der Waals surface area contributed by atoms with Crippen molar-refractivity contribution in [3.8, 4) is 5.75 Å². The van der Waals surface area contributed by atoms with Gasteiger partial charge >= 0.3 is 5.97 Å². The Balaban J connectivity index is 1.39. The molecule has 1 aromatic rings. The molecule has 1 aliphatic carbocycles. The number of para-hydroxylation sites is 1. The summed E-state index contributed by atoms with van der Waals surface area (Å²) in [6.45, 7) is 1.95. The van der Waals surface area contributed by atoms with E-state index >= 15 is 0 Å². The van der Waals surface area contributed by atoms with Crippen LogP contribution in [0, 0.1) is 5.92 Å². The van der Waals surface area contributed by atoms with Gasteiger partial charge in [-0.1, -0.05) is 30.4 Å². The van der Waals surface area contributed by atoms with E-state index in [1.807, 2.05) is 42.5 Å². The van der Waals surface area contributed by atoms with Gasteiger partial charge in [0.2, 0.25) is 0 Å². The fraction of sp³-hybridized carbons (Fsp3) is 0.710. The quantitative estimate of drug-likeness (QED) is 0.215. The summed E-state index contributed by atoms with van der Waals surface area (Å²) in [5.74, 6) is -0.186. The summed E-state index contributed by atoms with van der Waals surface area (Å²) in [7, 11) is 0. The summed E-state index contributed by atoms with van der Waals surface area (Å²) in [5, 5.41) is 19.9. The number of carboxylic acids is 1. The predicted molar refractivity (Wildman–Crippen MR) is 148 cm³/mol. The smallest absolute Gasteiger partial charge is 0.303 e. The lowest BCUT2D eigenvalue weighted by Gasteiger charge is -2.32. The number of hydrogen-bond donors (Lipinski definition) is 2. The monoisotopic (exact) mass is 562 g/mol. The Labute approximate surface area is 237 Å². The van der Waals surface area contributed by atoms with Crippen molar-refractivity contribution in [3.63, 3.8) is 0 Å². The fourth-order valence-electron chi connectivity index (χ4n) is 5.54. The van der Waals surface area contributed by atoms with Gasteiger partial charge in [0, 0.05) is 32.0 Å². The predicted octanol–water partition coefficient (Wildman–Crippen LogP) is 4.86. The third-order valence-electron chi connectivity index (χ3n) is 7.69. The van der Waals surface area contributed by atoms with Crippen LogP contribution in [0.4, 0.5) is 0 Å². The minimum atomic E-state index is -0.787. The van der Waals surface area contributed by atoms with Gasteiger partial charge in [-0.15, -0.1) is 0 Å². The third-order valence-corrected chi connectivity index (χ3v) is 7.69. The number of rotatable bonds is 16. The van der Waals surface area contributed by atoms with Crippen LogP contribution in [-0.2, 0) is 28.5 Å². The van der Waals surface area contributed by atoms with E-state index in [4.69, 9.17) is 33.5 Å². The van der Waals surface area contributed by atoms with E-state index in [0.29, 0.717) is 45.5 Å². The number of carbonyl (C=O) groups is 1. The van der Waals surface area contributed by atoms with Gasteiger partial charge in [-0.25, -0.2) is 0 Å². The molecule has 2 N–H and O–H groups in total. The maximum atomic E-state index is 11.0. The highest BCUT2D eigenvalue weighted by Gasteiger charge is 2.45. The van der Waals surface area contributed by atoms with Gasteiger partial charge in [0.1, 0.15) is 18.5 Å². The second-order valence-corrected chi connectivity index (χ2v) is 10.9. The van der Waals surface area contributed by atoms with Crippen molar-refractivity contribution < 1.29 is 43.4 Å². The fourth-order valence-corrected chi connectivity index (χ4v) is 5.54. The number of allylic oxidation sites excluding steroid dienone is 2. The lowest BCUT2D eigenvalue weighted by molar-refractivity contribution is -0.226. The van der Waals surface area contributed by atoms with E-state index in [0.717, 1.165) is 44.3 Å². The molecule has 9 nitrogen and oxygen atoms in total. The Bertz CT molecular complexity index is 867. The van der Waals surface area contributed by atoms with Crippen LogP contribution >= 0.6 is 0 Å². The Kier molecular flexibility index (Phi) is 13.2. The minimum absolute atomic E-state index is 0.149. The molecular weight excluding hydrogens is 516 g/mol. The average Bonchev–Trinajstić information content (AvgIpc) is 3.26. The average molecular weight is 563 g/mol. The van der Waals surface area contributed by atoms with E-state index in [1.54, 1.807) is 0 Å². The number of aliphatic hydroxyl groups excluding tert-OH is 1. The van der Waals surface area contributed by atoms with Gasteiger partial charge in [0.15, 0.2) is 12.6 Å². The zero-order valence-electron chi connectivity index (χ0n) is 23.4. The molecule has 224 valence electrons. The molecule has 0 amide bonds. The maximum Gasteiger partial charge on any atom is 0.303 e. The molecule has 2 aliphatic heterocycles. The summed E-state index contributed by atoms with van der Waals surface area (Å²) >= 11 is 0. The molecule has 0 spiro atoms. The zero-order chi connectivity index (χ0) is 28.0. The molecule has 1 aromatic carbocycles. The molecule has 0 aromatic heterocycles. The summed E-state index contributed by atoms with van der Waals surface area (Å²) in [4.78, 5) is 10.8. The third kappa shape index (κ3) is 10.4. The van der Waals surface area contributed by atoms with E-state index in [-0.39, 0.29) is 49.8 Å². The number of carboxylic acid groups (broad SMARTS) is 1. The summed E-state index contributed by atoms with van der Waals surface area (Å²) in [6, 6.07) is 9.63. The topological polar surface area (TPSA) is 113 Å². The molecule has 0 radical (unpaired) electrons. The van der Waals surface area contributed by atoms with Crippen LogP contribution in [-0.4, -0.2) is 79.6 Å². The highest BCUT2D eigenvalue weighted by atomic mass is 16.7. The van der Waals surface area contributed by atoms with E-state index in [1.165, 1.54) is 0 Å². The first-order chi connectivity index (χ1) is 19.6. The first-order valence-electron chi connectivity index (χ1n) is 15.0. The number of unbranched alkanes of at least 4 members (excludes halogenated alkanes) is 1. The van der Waals surface area contributed by atoms with Gasteiger partial charge in [-0.2, -0.15) is 0 Å². The van der Waals surface area contributed by atoms with E-state index < -0.39 is 12.1 Å². The summed E-state index contributed by atoms with van der Waals surface area (Å²) in [6.07, 6.45) is 10.2. The molecule has 40 heavy (non-hydrogen) atoms. The minimum Gasteiger partial charge on any atom is -0.491 e. The Morgan fingerprint density at radius 2 is 1.75 bits per heavy atom. The first-order valence-corrected chi connectivity index (χ1v) is 15.0. The molecule has 9 heteroatoms. The molecular formula is C31H46O9. The van der Waals surface area contributed by atoms with Crippen molar-refractivity contribution in [1.82, 2.24) is 0 Å². The number of aliphatic hydroxyl groups is 1. The summed E-state index contributed by atoms with van der Waals surface area (Å²) < 4.78 is 36.9. The Morgan fingerprint density at radius 1 is 1.00 bits per heavy atom. The van der Waals surface area contributed by atoms with Crippen molar-refractivity contribution in [2.24, 2.45) is 5.92 Å². The van der Waals surface area contributed by atoms with Crippen LogP contribution in [0.3, 0.4) is 0 Å². The summed E-state index contributed by atoms with van der Waals surface area (Å²) in [5.41, 5.74) is 0. The number of aliphatic carboxylic acids is 1. The lowest BCUT2D eigenvalue weighted by Crippen LogP contribution is -2.40. The maximum absolute atomic E-state index is 11.0. The van der Waals surface area contributed by atoms with Crippen molar-refractivity contribution >= 4 is 5.97 Å². The highest BCUT2D eigenvalue weighted by Crippen LogP contribution is 2.36. The van der Waals surface area contributed by atoms with Gasteiger partial charge in [0.25, 0.3) is 0 Å². The van der Waals surface area contributed by atoms with Crippen LogP contribution < -0.4 is 4.74 Å². The van der Waals surface area contributed by atoms with Crippen LogP contribution in [0.5, 0.6) is 5.75 Å². The highest BCUT2D eigenvalue weighted by molar-refractivity contribution is 5.66. The van der Waals surface area contributed by atoms with Crippen molar-refractivity contribution in [1.29, 1.82) is 0 Å². The van der Waals surface area contributed by atoms with Crippen LogP contribution in [0.15, 0.2) is 42.5 Å². The van der Waals surface area contributed by atoms with Crippen LogP contribution in [0.2, 0.25) is 0 Å². The molecule has 3 fully saturated rings. The normalized spacial score (nSPS) is 29.9. The van der Waals surface area contributed by atoms with E-state index in [9.17, 15) is 9.90 Å². The van der Waals surface area contributed by atoms with E-state index in [2.05, 4.69) is 0 Å². The molecule has 7 unspecified atom stereocenters. The molecule has 3 aliphatic rings. The molecule has 7 atom stereocenters. The van der Waals surface area contributed by atoms with Crippen molar-refractivity contribution in [3.05, 3.63) is 42.5 Å². The number of benzene rings is 1. The largest absolute Gasteiger partial charge is 0.491 e. The van der Waals surface area contributed by atoms with Crippen LogP contribution in [0.1, 0.15) is 70.6 Å². The Morgan fingerprint density at radius 3 is 2.45 bits per heavy atom. The van der Waals surface area contributed by atoms with Crippen molar-refractivity contribution in [2.45, 2.75) is 108 Å². The second-order valence-electron chi connectivity index (χ2n) is 10.9. The van der Waals surface area contributed by atoms with Gasteiger partial charge in [-0.05, 0) is 69.9 Å². The zero-order valence-corrected chi connectivity index (χ0v) is 23.4. The second kappa shape index (κ2) is 17.1. The molecule has 1 saturated carbocycles. The van der Waals surface area contributed by atoms with Gasteiger partial charge < -0.3 is 38.6 Å². The standard InChI is InChI=1S/C31H46O9/c32-26-20-27(40-30-17-9-11-19-36-30)31(25(26)14-6-1-2-7-15-28(33)34)38-22-24(39-29-16-8-10-18-35-29)21-37-23-12-4-3-5-13-23/h1,3-6,12-13,24-27,29-32H,2,7-11,14-22H2,(H,33,34). The van der Waals surface area contributed by atoms with Gasteiger partial charge in [-0.3, -0.25) is 4.79 Å². The molecule has 2 heterocycles. The van der Waals surface area contributed by atoms with Crippen molar-refractivity contribution in [2.75, 3.05) is 26.4 Å². The number of hydrogen-bond acceptors (Lipinski definition) is 8. The molecule has 0 bridgehead atoms. The molecule has 4 rings (SSSR count). The SMILES string of the molecule is O=C(O)CCCC=CCC1C(O)CC(OC2CCCCO2)C1OCC(COc1ccccc1)OC1CCCCO1. The Hall–Kier alpha value is -2.01. The lowest BCUT2D eigenvalue weighted by atomic mass is 9.98. The molecule has 2 saturated heterocycles.